The van der Waals surface area contributed by atoms with Crippen LogP contribution in [0.15, 0.2) is 41.5 Å². The minimum absolute atomic E-state index is 0.0611. The maximum Gasteiger partial charge on any atom is 0.250 e. The molecule has 1 aromatic carbocycles. The molecule has 28 heavy (non-hydrogen) atoms. The Morgan fingerprint density at radius 2 is 2.07 bits per heavy atom. The van der Waals surface area contributed by atoms with Gasteiger partial charge in [0.15, 0.2) is 0 Å². The lowest BCUT2D eigenvalue weighted by Gasteiger charge is -2.39. The highest BCUT2D eigenvalue weighted by molar-refractivity contribution is 6.06. The van der Waals surface area contributed by atoms with E-state index in [0.717, 1.165) is 18.2 Å². The molecule has 2 aromatic rings. The summed E-state index contributed by atoms with van der Waals surface area (Å²) in [6, 6.07) is 9.18. The number of piperidine rings is 1. The van der Waals surface area contributed by atoms with Crippen molar-refractivity contribution in [3.8, 4) is 0 Å². The number of para-hydroxylation sites is 1. The van der Waals surface area contributed by atoms with Crippen molar-refractivity contribution in [1.29, 1.82) is 0 Å². The molecule has 0 spiro atoms. The Kier molecular flexibility index (Phi) is 5.85. The quantitative estimate of drug-likeness (QED) is 0.590. The van der Waals surface area contributed by atoms with Gasteiger partial charge in [-0.3, -0.25) is 19.5 Å². The topological polar surface area (TPSA) is 82.9 Å². The van der Waals surface area contributed by atoms with E-state index in [2.05, 4.69) is 23.8 Å². The van der Waals surface area contributed by atoms with Gasteiger partial charge in [-0.05, 0) is 30.4 Å². The van der Waals surface area contributed by atoms with Crippen LogP contribution in [0.2, 0.25) is 0 Å². The molecule has 1 saturated heterocycles. The summed E-state index contributed by atoms with van der Waals surface area (Å²) in [6.45, 7) is 5.16. The van der Waals surface area contributed by atoms with Gasteiger partial charge in [0.25, 0.3) is 0 Å². The zero-order valence-electron chi connectivity index (χ0n) is 16.2. The van der Waals surface area contributed by atoms with Crippen molar-refractivity contribution < 1.29 is 14.4 Å². The molecule has 0 unspecified atom stereocenters. The smallest absolute Gasteiger partial charge is 0.250 e. The second-order valence-corrected chi connectivity index (χ2v) is 7.82. The Morgan fingerprint density at radius 1 is 1.29 bits per heavy atom. The van der Waals surface area contributed by atoms with Gasteiger partial charge in [-0.15, -0.1) is 0 Å². The van der Waals surface area contributed by atoms with E-state index in [1.807, 2.05) is 29.2 Å². The molecular formula is C21H24N4O3. The van der Waals surface area contributed by atoms with Crippen molar-refractivity contribution in [1.82, 2.24) is 9.88 Å². The van der Waals surface area contributed by atoms with Crippen LogP contribution in [0, 0.1) is 5.41 Å². The Morgan fingerprint density at radius 3 is 2.82 bits per heavy atom. The maximum atomic E-state index is 13.0. The molecule has 7 heteroatoms. The summed E-state index contributed by atoms with van der Waals surface area (Å²) < 4.78 is 0. The minimum atomic E-state index is -0.439. The lowest BCUT2D eigenvalue weighted by atomic mass is 9.84. The van der Waals surface area contributed by atoms with Gasteiger partial charge in [-0.25, -0.2) is 4.79 Å². The fraction of sp³-hybridized carbons (Fsp3) is 0.429. The third kappa shape index (κ3) is 4.43. The average molecular weight is 380 g/mol. The van der Waals surface area contributed by atoms with Crippen molar-refractivity contribution in [2.45, 2.75) is 26.7 Å². The zero-order chi connectivity index (χ0) is 20.1. The van der Waals surface area contributed by atoms with E-state index >= 15 is 0 Å². The molecule has 7 nitrogen and oxygen atoms in total. The average Bonchev–Trinajstić information content (AvgIpc) is 2.69. The van der Waals surface area contributed by atoms with Crippen molar-refractivity contribution in [2.75, 3.05) is 31.1 Å². The van der Waals surface area contributed by atoms with E-state index in [-0.39, 0.29) is 24.4 Å². The molecule has 1 aliphatic heterocycles. The van der Waals surface area contributed by atoms with Crippen molar-refractivity contribution >= 4 is 34.5 Å². The van der Waals surface area contributed by atoms with E-state index in [1.54, 1.807) is 12.3 Å². The van der Waals surface area contributed by atoms with Gasteiger partial charge in [-0.1, -0.05) is 32.0 Å². The highest BCUT2D eigenvalue weighted by Gasteiger charge is 2.31. The number of pyridine rings is 1. The number of fused-ring (bicyclic) bond motifs is 1. The predicted octanol–water partition coefficient (Wildman–Crippen LogP) is 2.55. The van der Waals surface area contributed by atoms with Gasteiger partial charge in [0, 0.05) is 24.7 Å². The van der Waals surface area contributed by atoms with E-state index in [9.17, 15) is 14.4 Å². The highest BCUT2D eigenvalue weighted by Crippen LogP contribution is 2.29. The minimum Gasteiger partial charge on any atom is -0.341 e. The number of benzene rings is 1. The third-order valence-electron chi connectivity index (χ3n) is 5.03. The second kappa shape index (κ2) is 8.31. The number of hydrogen-bond donors (Lipinski definition) is 0. The van der Waals surface area contributed by atoms with Crippen LogP contribution in [0.25, 0.3) is 10.9 Å². The van der Waals surface area contributed by atoms with Gasteiger partial charge in [0.05, 0.1) is 11.2 Å². The van der Waals surface area contributed by atoms with Gasteiger partial charge >= 0.3 is 0 Å². The largest absolute Gasteiger partial charge is 0.341 e. The summed E-state index contributed by atoms with van der Waals surface area (Å²) in [5.41, 5.74) is 1.22. The van der Waals surface area contributed by atoms with Gasteiger partial charge < -0.3 is 4.90 Å². The van der Waals surface area contributed by atoms with Crippen LogP contribution in [0.3, 0.4) is 0 Å². The van der Waals surface area contributed by atoms with Gasteiger partial charge in [0.1, 0.15) is 13.1 Å². The lowest BCUT2D eigenvalue weighted by molar-refractivity contribution is -0.134. The molecule has 3 rings (SSSR count). The fourth-order valence-corrected chi connectivity index (χ4v) is 3.67. The van der Waals surface area contributed by atoms with Crippen LogP contribution >= 0.6 is 0 Å². The Labute approximate surface area is 164 Å². The molecule has 0 bridgehead atoms. The molecule has 0 aliphatic carbocycles. The van der Waals surface area contributed by atoms with Crippen molar-refractivity contribution in [3.05, 3.63) is 36.5 Å². The molecule has 2 amide bonds. The number of rotatable bonds is 5. The number of isocyanates is 1. The first-order chi connectivity index (χ1) is 13.4. The Hall–Kier alpha value is -3.05. The Bertz CT molecular complexity index is 929. The highest BCUT2D eigenvalue weighted by atomic mass is 16.2. The van der Waals surface area contributed by atoms with E-state index in [0.29, 0.717) is 24.3 Å². The molecule has 2 heterocycles. The molecule has 1 aromatic heterocycles. The first kappa shape index (κ1) is 19.7. The van der Waals surface area contributed by atoms with Crippen LogP contribution in [-0.4, -0.2) is 54.0 Å². The van der Waals surface area contributed by atoms with Crippen molar-refractivity contribution in [3.63, 3.8) is 0 Å². The summed E-state index contributed by atoms with van der Waals surface area (Å²) in [5.74, 6) is -0.560. The number of aliphatic imine (C=N–C) groups is 1. The van der Waals surface area contributed by atoms with Gasteiger partial charge in [0.2, 0.25) is 17.9 Å². The number of nitrogens with zero attached hydrogens (tertiary/aromatic N) is 4. The monoisotopic (exact) mass is 380 g/mol. The van der Waals surface area contributed by atoms with Crippen LogP contribution in [0.4, 0.5) is 5.69 Å². The van der Waals surface area contributed by atoms with Crippen LogP contribution < -0.4 is 4.90 Å². The molecule has 0 atom stereocenters. The van der Waals surface area contributed by atoms with E-state index < -0.39 is 5.91 Å². The third-order valence-corrected chi connectivity index (χ3v) is 5.03. The van der Waals surface area contributed by atoms with Crippen molar-refractivity contribution in [2.24, 2.45) is 10.4 Å². The number of anilines is 1. The predicted molar refractivity (Wildman–Crippen MR) is 107 cm³/mol. The standard InChI is InChI=1S/C21H24N4O3/c1-21(2)9-5-11-24(14-21)19(28)13-25(18(27)12-22-15-26)17-8-3-6-16-7-4-10-23-20(16)17/h3-4,6-8,10H,5,9,11-14H2,1-2H3. The summed E-state index contributed by atoms with van der Waals surface area (Å²) >= 11 is 0. The Balaban J connectivity index is 1.92. The number of likely N-dealkylation sites (tertiary alicyclic amines) is 1. The molecule has 1 fully saturated rings. The normalized spacial score (nSPS) is 15.7. The molecule has 1 aliphatic rings. The van der Waals surface area contributed by atoms with Crippen LogP contribution in [0.5, 0.6) is 0 Å². The van der Waals surface area contributed by atoms with E-state index in [4.69, 9.17) is 0 Å². The molecular weight excluding hydrogens is 356 g/mol. The van der Waals surface area contributed by atoms with E-state index in [1.165, 1.54) is 11.0 Å². The summed E-state index contributed by atoms with van der Waals surface area (Å²) in [7, 11) is 0. The number of carbonyl (C=O) groups is 2. The SMILES string of the molecule is CC1(C)CCCN(C(=O)CN(C(=O)CN=C=O)c2cccc3cccnc23)C1. The first-order valence-electron chi connectivity index (χ1n) is 9.37. The molecule has 0 saturated carbocycles. The van der Waals surface area contributed by atoms with Crippen LogP contribution in [-0.2, 0) is 14.4 Å². The van der Waals surface area contributed by atoms with Gasteiger partial charge in [-0.2, -0.15) is 4.99 Å². The fourth-order valence-electron chi connectivity index (χ4n) is 3.67. The maximum absolute atomic E-state index is 13.0. The summed E-state index contributed by atoms with van der Waals surface area (Å²) in [4.78, 5) is 47.2. The lowest BCUT2D eigenvalue weighted by Crippen LogP contribution is -2.49. The zero-order valence-corrected chi connectivity index (χ0v) is 16.2. The number of carbonyl (C=O) groups excluding carboxylic acids is 3. The summed E-state index contributed by atoms with van der Waals surface area (Å²) in [6.07, 6.45) is 5.04. The number of amides is 2. The second-order valence-electron chi connectivity index (χ2n) is 7.82. The number of aromatic nitrogens is 1. The molecule has 146 valence electrons. The number of hydrogen-bond acceptors (Lipinski definition) is 5. The summed E-state index contributed by atoms with van der Waals surface area (Å²) in [5, 5.41) is 0.864. The molecule has 0 radical (unpaired) electrons. The molecule has 0 N–H and O–H groups in total. The first-order valence-corrected chi connectivity index (χ1v) is 9.37. The van der Waals surface area contributed by atoms with Crippen LogP contribution in [0.1, 0.15) is 26.7 Å².